The SMILES string of the molecule is CCC(C)[C@H](NC(=O)OCc1ccccc1)C(=O)N(C)OC. The van der Waals surface area contributed by atoms with Gasteiger partial charge in [-0.3, -0.25) is 9.63 Å². The highest BCUT2D eigenvalue weighted by molar-refractivity contribution is 5.85. The normalized spacial score (nSPS) is 13.1. The van der Waals surface area contributed by atoms with Gasteiger partial charge < -0.3 is 10.1 Å². The molecule has 0 spiro atoms. The van der Waals surface area contributed by atoms with Crippen molar-refractivity contribution >= 4 is 12.0 Å². The lowest BCUT2D eigenvalue weighted by Crippen LogP contribution is -2.50. The predicted octanol–water partition coefficient (Wildman–Crippen LogP) is 2.35. The number of amides is 2. The Morgan fingerprint density at radius 3 is 2.45 bits per heavy atom. The minimum atomic E-state index is -0.682. The van der Waals surface area contributed by atoms with E-state index in [1.165, 1.54) is 14.2 Å². The van der Waals surface area contributed by atoms with Crippen LogP contribution in [0.4, 0.5) is 4.79 Å². The molecule has 1 rings (SSSR count). The maximum atomic E-state index is 12.2. The molecule has 22 heavy (non-hydrogen) atoms. The van der Waals surface area contributed by atoms with E-state index in [9.17, 15) is 9.59 Å². The predicted molar refractivity (Wildman–Crippen MR) is 82.8 cm³/mol. The number of nitrogens with zero attached hydrogens (tertiary/aromatic N) is 1. The van der Waals surface area contributed by atoms with Crippen molar-refractivity contribution in [2.45, 2.75) is 32.9 Å². The number of carbonyl (C=O) groups excluding carboxylic acids is 2. The highest BCUT2D eigenvalue weighted by Gasteiger charge is 2.29. The van der Waals surface area contributed by atoms with E-state index in [1.807, 2.05) is 44.2 Å². The van der Waals surface area contributed by atoms with Gasteiger partial charge in [-0.25, -0.2) is 9.86 Å². The lowest BCUT2D eigenvalue weighted by atomic mass is 9.98. The Balaban J connectivity index is 2.61. The van der Waals surface area contributed by atoms with E-state index < -0.39 is 12.1 Å². The standard InChI is InChI=1S/C16H24N2O4/c1-5-12(2)14(15(19)18(3)21-4)17-16(20)22-11-13-9-7-6-8-10-13/h6-10,12,14H,5,11H2,1-4H3,(H,17,20)/t12?,14-/m0/s1. The maximum Gasteiger partial charge on any atom is 0.408 e. The summed E-state index contributed by atoms with van der Waals surface area (Å²) in [5.74, 6) is -0.345. The molecular formula is C16H24N2O4. The molecule has 0 fully saturated rings. The van der Waals surface area contributed by atoms with E-state index >= 15 is 0 Å². The van der Waals surface area contributed by atoms with Crippen LogP contribution in [0.5, 0.6) is 0 Å². The molecule has 0 saturated heterocycles. The highest BCUT2D eigenvalue weighted by atomic mass is 16.7. The summed E-state index contributed by atoms with van der Waals surface area (Å²) in [5.41, 5.74) is 0.887. The van der Waals surface area contributed by atoms with Gasteiger partial charge in [0, 0.05) is 7.05 Å². The third-order valence-corrected chi connectivity index (χ3v) is 3.55. The average Bonchev–Trinajstić information content (AvgIpc) is 2.56. The Kier molecular flexibility index (Phi) is 7.39. The Morgan fingerprint density at radius 1 is 1.27 bits per heavy atom. The number of hydroxylamine groups is 2. The summed E-state index contributed by atoms with van der Waals surface area (Å²) >= 11 is 0. The summed E-state index contributed by atoms with van der Waals surface area (Å²) in [6.45, 7) is 4.01. The minimum absolute atomic E-state index is 0.0330. The molecule has 0 heterocycles. The second-order valence-corrected chi connectivity index (χ2v) is 5.09. The third kappa shape index (κ3) is 5.37. The molecule has 0 aliphatic carbocycles. The van der Waals surface area contributed by atoms with Crippen molar-refractivity contribution in [1.29, 1.82) is 0 Å². The number of benzene rings is 1. The van der Waals surface area contributed by atoms with Crippen LogP contribution in [0.25, 0.3) is 0 Å². The molecule has 0 bridgehead atoms. The third-order valence-electron chi connectivity index (χ3n) is 3.55. The topological polar surface area (TPSA) is 67.9 Å². The van der Waals surface area contributed by atoms with Crippen LogP contribution < -0.4 is 5.32 Å². The fraction of sp³-hybridized carbons (Fsp3) is 0.500. The van der Waals surface area contributed by atoms with Gasteiger partial charge >= 0.3 is 6.09 Å². The van der Waals surface area contributed by atoms with E-state index in [4.69, 9.17) is 9.57 Å². The molecule has 6 heteroatoms. The first-order chi connectivity index (χ1) is 10.5. The number of hydrogen-bond acceptors (Lipinski definition) is 4. The van der Waals surface area contributed by atoms with Crippen molar-refractivity contribution in [3.63, 3.8) is 0 Å². The number of alkyl carbamates (subject to hydrolysis) is 1. The summed E-state index contributed by atoms with van der Waals surface area (Å²) in [5, 5.41) is 3.73. The number of carbonyl (C=O) groups is 2. The Morgan fingerprint density at radius 2 is 1.91 bits per heavy atom. The molecule has 1 N–H and O–H groups in total. The van der Waals surface area contributed by atoms with Crippen LogP contribution in [0.1, 0.15) is 25.8 Å². The zero-order chi connectivity index (χ0) is 16.5. The number of rotatable bonds is 7. The number of ether oxygens (including phenoxy) is 1. The lowest BCUT2D eigenvalue weighted by molar-refractivity contribution is -0.172. The fourth-order valence-corrected chi connectivity index (χ4v) is 1.86. The second kappa shape index (κ2) is 9.04. The molecule has 6 nitrogen and oxygen atoms in total. The first-order valence-electron chi connectivity index (χ1n) is 7.28. The first-order valence-corrected chi connectivity index (χ1v) is 7.28. The van der Waals surface area contributed by atoms with E-state index in [0.717, 1.165) is 17.0 Å². The van der Waals surface area contributed by atoms with Crippen molar-refractivity contribution in [3.8, 4) is 0 Å². The van der Waals surface area contributed by atoms with Crippen molar-refractivity contribution < 1.29 is 19.2 Å². The van der Waals surface area contributed by atoms with Crippen LogP contribution in [-0.2, 0) is 21.0 Å². The van der Waals surface area contributed by atoms with Gasteiger partial charge in [-0.05, 0) is 11.5 Å². The Hall–Kier alpha value is -2.08. The molecule has 1 aromatic carbocycles. The Bertz CT molecular complexity index is 478. The van der Waals surface area contributed by atoms with Crippen LogP contribution in [-0.4, -0.2) is 37.3 Å². The quantitative estimate of drug-likeness (QED) is 0.785. The average molecular weight is 308 g/mol. The molecule has 0 aliphatic heterocycles. The molecule has 0 radical (unpaired) electrons. The minimum Gasteiger partial charge on any atom is -0.445 e. The van der Waals surface area contributed by atoms with Crippen LogP contribution in [0.2, 0.25) is 0 Å². The smallest absolute Gasteiger partial charge is 0.408 e. The van der Waals surface area contributed by atoms with Gasteiger partial charge in [-0.15, -0.1) is 0 Å². The lowest BCUT2D eigenvalue weighted by Gasteiger charge is -2.26. The molecule has 2 atom stereocenters. The molecule has 0 aliphatic rings. The summed E-state index contributed by atoms with van der Waals surface area (Å²) in [6, 6.07) is 8.68. The van der Waals surface area contributed by atoms with Crippen LogP contribution in [0.15, 0.2) is 30.3 Å². The first kappa shape index (κ1) is 18.0. The second-order valence-electron chi connectivity index (χ2n) is 5.09. The molecule has 122 valence electrons. The number of nitrogens with one attached hydrogen (secondary N) is 1. The van der Waals surface area contributed by atoms with Crippen molar-refractivity contribution in [2.24, 2.45) is 5.92 Å². The van der Waals surface area contributed by atoms with Crippen LogP contribution >= 0.6 is 0 Å². The van der Waals surface area contributed by atoms with Crippen LogP contribution in [0.3, 0.4) is 0 Å². The summed E-state index contributed by atoms with van der Waals surface area (Å²) in [4.78, 5) is 29.0. The van der Waals surface area contributed by atoms with Gasteiger partial charge in [-0.1, -0.05) is 50.6 Å². The van der Waals surface area contributed by atoms with Crippen LogP contribution in [0, 0.1) is 5.92 Å². The van der Waals surface area contributed by atoms with Gasteiger partial charge in [0.15, 0.2) is 0 Å². The summed E-state index contributed by atoms with van der Waals surface area (Å²) in [6.07, 6.45) is 0.124. The summed E-state index contributed by atoms with van der Waals surface area (Å²) < 4.78 is 5.16. The van der Waals surface area contributed by atoms with Gasteiger partial charge in [0.25, 0.3) is 5.91 Å². The van der Waals surface area contributed by atoms with E-state index in [0.29, 0.717) is 0 Å². The van der Waals surface area contributed by atoms with E-state index in [2.05, 4.69) is 5.32 Å². The number of hydrogen-bond donors (Lipinski definition) is 1. The molecule has 1 unspecified atom stereocenters. The zero-order valence-corrected chi connectivity index (χ0v) is 13.5. The monoisotopic (exact) mass is 308 g/mol. The van der Waals surface area contributed by atoms with Crippen molar-refractivity contribution in [3.05, 3.63) is 35.9 Å². The van der Waals surface area contributed by atoms with E-state index in [1.54, 1.807) is 0 Å². The van der Waals surface area contributed by atoms with Crippen molar-refractivity contribution in [1.82, 2.24) is 10.4 Å². The zero-order valence-electron chi connectivity index (χ0n) is 13.5. The largest absolute Gasteiger partial charge is 0.445 e. The Labute approximate surface area is 131 Å². The maximum absolute atomic E-state index is 12.2. The fourth-order valence-electron chi connectivity index (χ4n) is 1.86. The molecule has 1 aromatic rings. The van der Waals surface area contributed by atoms with Gasteiger partial charge in [0.2, 0.25) is 0 Å². The van der Waals surface area contributed by atoms with Gasteiger partial charge in [0.1, 0.15) is 12.6 Å². The summed E-state index contributed by atoms with van der Waals surface area (Å²) in [7, 11) is 2.91. The number of likely N-dealkylation sites (N-methyl/N-ethyl adjacent to an activating group) is 1. The van der Waals surface area contributed by atoms with Gasteiger partial charge in [0.05, 0.1) is 7.11 Å². The molecule has 0 aromatic heterocycles. The molecule has 2 amide bonds. The molecular weight excluding hydrogens is 284 g/mol. The van der Waals surface area contributed by atoms with Gasteiger partial charge in [-0.2, -0.15) is 0 Å². The van der Waals surface area contributed by atoms with Crippen molar-refractivity contribution in [2.75, 3.05) is 14.2 Å². The highest BCUT2D eigenvalue weighted by Crippen LogP contribution is 2.11. The van der Waals surface area contributed by atoms with E-state index in [-0.39, 0.29) is 18.4 Å². The molecule has 0 saturated carbocycles.